The van der Waals surface area contributed by atoms with Gasteiger partial charge in [0.25, 0.3) is 5.91 Å². The van der Waals surface area contributed by atoms with E-state index in [2.05, 4.69) is 15.3 Å². The summed E-state index contributed by atoms with van der Waals surface area (Å²) in [7, 11) is 0. The lowest BCUT2D eigenvalue weighted by Crippen LogP contribution is -2.21. The smallest absolute Gasteiger partial charge is 0.341 e. The first-order valence-corrected chi connectivity index (χ1v) is 6.99. The summed E-state index contributed by atoms with van der Waals surface area (Å²) in [6.07, 6.45) is 2.75. The number of anilines is 1. The monoisotopic (exact) mass is 359 g/mol. The number of nitrogens with one attached hydrogen (secondary N) is 1. The highest BCUT2D eigenvalue weighted by atomic mass is 35.5. The van der Waals surface area contributed by atoms with E-state index in [0.29, 0.717) is 5.02 Å². The Bertz CT molecular complexity index is 725. The average molecular weight is 361 g/mol. The summed E-state index contributed by atoms with van der Waals surface area (Å²) in [5, 5.41) is 2.89. The Labute approximate surface area is 140 Å². The number of nitrogens with zero attached hydrogens (tertiary/aromatic N) is 2. The lowest BCUT2D eigenvalue weighted by Gasteiger charge is -2.07. The zero-order valence-electron chi connectivity index (χ0n) is 10.8. The van der Waals surface area contributed by atoms with Crippen molar-refractivity contribution in [2.45, 2.75) is 0 Å². The van der Waals surface area contributed by atoms with E-state index in [1.165, 1.54) is 30.6 Å². The van der Waals surface area contributed by atoms with Crippen LogP contribution in [0.1, 0.15) is 10.4 Å². The van der Waals surface area contributed by atoms with Crippen LogP contribution in [0, 0.1) is 0 Å². The van der Waals surface area contributed by atoms with Crippen LogP contribution < -0.4 is 5.32 Å². The summed E-state index contributed by atoms with van der Waals surface area (Å²) in [5.41, 5.74) is 0.0691. The molecule has 0 aliphatic heterocycles. The number of carbonyl (C=O) groups excluding carboxylic acids is 2. The Hall–Kier alpha value is -1.89. The Morgan fingerprint density at radius 3 is 2.68 bits per heavy atom. The molecule has 2 heterocycles. The molecule has 2 aromatic heterocycles. The van der Waals surface area contributed by atoms with Gasteiger partial charge in [0, 0.05) is 12.4 Å². The van der Waals surface area contributed by atoms with Crippen LogP contribution >= 0.6 is 34.8 Å². The topological polar surface area (TPSA) is 81.2 Å². The van der Waals surface area contributed by atoms with Crippen LogP contribution in [0.15, 0.2) is 30.6 Å². The van der Waals surface area contributed by atoms with E-state index in [1.807, 2.05) is 0 Å². The number of pyridine rings is 2. The zero-order valence-corrected chi connectivity index (χ0v) is 13.1. The largest absolute Gasteiger partial charge is 0.452 e. The first-order chi connectivity index (χ1) is 10.5. The third kappa shape index (κ3) is 4.30. The Morgan fingerprint density at radius 2 is 2.00 bits per heavy atom. The van der Waals surface area contributed by atoms with E-state index < -0.39 is 18.5 Å². The average Bonchev–Trinajstić information content (AvgIpc) is 2.48. The van der Waals surface area contributed by atoms with Crippen LogP contribution in [0.3, 0.4) is 0 Å². The van der Waals surface area contributed by atoms with Crippen LogP contribution in [-0.4, -0.2) is 28.5 Å². The van der Waals surface area contributed by atoms with Crippen molar-refractivity contribution in [2.75, 3.05) is 11.9 Å². The molecule has 0 radical (unpaired) electrons. The van der Waals surface area contributed by atoms with Gasteiger partial charge in [-0.15, -0.1) is 0 Å². The summed E-state index contributed by atoms with van der Waals surface area (Å²) in [6.45, 7) is -0.523. The number of hydrogen-bond donors (Lipinski definition) is 1. The Balaban J connectivity index is 1.93. The molecule has 22 heavy (non-hydrogen) atoms. The van der Waals surface area contributed by atoms with Crippen LogP contribution in [0.25, 0.3) is 0 Å². The van der Waals surface area contributed by atoms with Crippen LogP contribution in [0.5, 0.6) is 0 Å². The van der Waals surface area contributed by atoms with Gasteiger partial charge in [-0.25, -0.2) is 14.8 Å². The van der Waals surface area contributed by atoms with Crippen molar-refractivity contribution in [3.05, 3.63) is 51.4 Å². The minimum atomic E-state index is -0.761. The number of halogens is 3. The van der Waals surface area contributed by atoms with Crippen molar-refractivity contribution >= 4 is 52.5 Å². The fourth-order valence-corrected chi connectivity index (χ4v) is 2.05. The maximum atomic E-state index is 11.7. The fourth-order valence-electron chi connectivity index (χ4n) is 1.42. The highest BCUT2D eigenvalue weighted by Gasteiger charge is 2.15. The summed E-state index contributed by atoms with van der Waals surface area (Å²) in [4.78, 5) is 31.0. The van der Waals surface area contributed by atoms with Crippen LogP contribution in [0.4, 0.5) is 5.82 Å². The summed E-state index contributed by atoms with van der Waals surface area (Å²) >= 11 is 17.3. The number of ether oxygens (including phenoxy) is 1. The van der Waals surface area contributed by atoms with Crippen molar-refractivity contribution in [1.29, 1.82) is 0 Å². The molecule has 0 aliphatic carbocycles. The van der Waals surface area contributed by atoms with Gasteiger partial charge in [-0.05, 0) is 18.2 Å². The molecule has 0 saturated carbocycles. The molecular weight excluding hydrogens is 353 g/mol. The van der Waals surface area contributed by atoms with Crippen molar-refractivity contribution in [2.24, 2.45) is 0 Å². The first kappa shape index (κ1) is 16.5. The standard InChI is InChI=1S/C13H8Cl3N3O3/c14-7-4-9(15)12(18-5-7)19-10(20)6-22-13(21)8-2-1-3-17-11(8)16/h1-5H,6H2,(H,18,19,20). The molecule has 0 fully saturated rings. The summed E-state index contributed by atoms with van der Waals surface area (Å²) < 4.78 is 4.83. The van der Waals surface area contributed by atoms with Gasteiger partial charge < -0.3 is 10.1 Å². The molecule has 0 aliphatic rings. The zero-order chi connectivity index (χ0) is 16.1. The van der Waals surface area contributed by atoms with Gasteiger partial charge in [0.1, 0.15) is 5.15 Å². The minimum Gasteiger partial charge on any atom is -0.452 e. The van der Waals surface area contributed by atoms with Crippen molar-refractivity contribution in [1.82, 2.24) is 9.97 Å². The van der Waals surface area contributed by atoms with E-state index in [0.717, 1.165) is 0 Å². The molecule has 1 amide bonds. The van der Waals surface area contributed by atoms with E-state index in [4.69, 9.17) is 39.5 Å². The lowest BCUT2D eigenvalue weighted by atomic mass is 10.3. The number of amides is 1. The predicted molar refractivity (Wildman–Crippen MR) is 82.4 cm³/mol. The van der Waals surface area contributed by atoms with Gasteiger partial charge in [-0.1, -0.05) is 34.8 Å². The first-order valence-electron chi connectivity index (χ1n) is 5.86. The minimum absolute atomic E-state index is 0.00433. The molecule has 0 bridgehead atoms. The number of hydrogen-bond acceptors (Lipinski definition) is 5. The third-order valence-electron chi connectivity index (χ3n) is 2.38. The highest BCUT2D eigenvalue weighted by molar-refractivity contribution is 6.36. The number of rotatable bonds is 4. The quantitative estimate of drug-likeness (QED) is 0.669. The maximum Gasteiger partial charge on any atom is 0.341 e. The van der Waals surface area contributed by atoms with Crippen molar-refractivity contribution in [3.8, 4) is 0 Å². The number of carbonyl (C=O) groups is 2. The molecule has 2 rings (SSSR count). The number of aromatic nitrogens is 2. The van der Waals surface area contributed by atoms with Crippen LogP contribution in [0.2, 0.25) is 15.2 Å². The molecule has 2 aromatic rings. The lowest BCUT2D eigenvalue weighted by molar-refractivity contribution is -0.119. The highest BCUT2D eigenvalue weighted by Crippen LogP contribution is 2.22. The molecule has 114 valence electrons. The number of esters is 1. The SMILES string of the molecule is O=C(COC(=O)c1cccnc1Cl)Nc1ncc(Cl)cc1Cl. The molecule has 0 unspecified atom stereocenters. The summed E-state index contributed by atoms with van der Waals surface area (Å²) in [5.74, 6) is -1.25. The van der Waals surface area contributed by atoms with Crippen molar-refractivity contribution in [3.63, 3.8) is 0 Å². The fraction of sp³-hybridized carbons (Fsp3) is 0.0769. The molecule has 0 saturated heterocycles. The van der Waals surface area contributed by atoms with Crippen LogP contribution in [-0.2, 0) is 9.53 Å². The molecule has 6 nitrogen and oxygen atoms in total. The molecule has 1 N–H and O–H groups in total. The second kappa shape index (κ2) is 7.40. The van der Waals surface area contributed by atoms with E-state index in [-0.39, 0.29) is 21.6 Å². The summed E-state index contributed by atoms with van der Waals surface area (Å²) in [6, 6.07) is 4.39. The molecule has 0 spiro atoms. The van der Waals surface area contributed by atoms with Gasteiger partial charge in [-0.3, -0.25) is 4.79 Å². The van der Waals surface area contributed by atoms with Gasteiger partial charge in [0.05, 0.1) is 15.6 Å². The molecule has 0 aromatic carbocycles. The molecule has 9 heteroatoms. The normalized spacial score (nSPS) is 10.1. The van der Waals surface area contributed by atoms with Gasteiger partial charge in [0.2, 0.25) is 0 Å². The Kier molecular flexibility index (Phi) is 5.54. The Morgan fingerprint density at radius 1 is 1.23 bits per heavy atom. The molecular formula is C13H8Cl3N3O3. The maximum absolute atomic E-state index is 11.7. The molecule has 0 atom stereocenters. The van der Waals surface area contributed by atoms with E-state index in [1.54, 1.807) is 0 Å². The second-order valence-electron chi connectivity index (χ2n) is 3.95. The predicted octanol–water partition coefficient (Wildman–Crippen LogP) is 3.23. The second-order valence-corrected chi connectivity index (χ2v) is 5.15. The van der Waals surface area contributed by atoms with E-state index in [9.17, 15) is 9.59 Å². The van der Waals surface area contributed by atoms with Crippen molar-refractivity contribution < 1.29 is 14.3 Å². The van der Waals surface area contributed by atoms with Gasteiger partial charge in [-0.2, -0.15) is 0 Å². The van der Waals surface area contributed by atoms with Gasteiger partial charge in [0.15, 0.2) is 12.4 Å². The van der Waals surface area contributed by atoms with Gasteiger partial charge >= 0.3 is 5.97 Å². The van der Waals surface area contributed by atoms with E-state index >= 15 is 0 Å². The third-order valence-corrected chi connectivity index (χ3v) is 3.17.